The summed E-state index contributed by atoms with van der Waals surface area (Å²) in [4.78, 5) is 117. The number of aliphatic hydroxyl groups excluding tert-OH is 2. The molecule has 4 saturated carbocycles. The van der Waals surface area contributed by atoms with Crippen LogP contribution in [0, 0.1) is 41.9 Å². The van der Waals surface area contributed by atoms with Gasteiger partial charge in [-0.1, -0.05) is 63.3 Å². The van der Waals surface area contributed by atoms with E-state index in [1.807, 2.05) is 59.8 Å². The summed E-state index contributed by atoms with van der Waals surface area (Å²) in [6.45, 7) is 12.7. The van der Waals surface area contributed by atoms with Gasteiger partial charge in [0.05, 0.1) is 48.4 Å². The molecule has 102 heavy (non-hydrogen) atoms. The zero-order valence-corrected chi connectivity index (χ0v) is 59.2. The van der Waals surface area contributed by atoms with Gasteiger partial charge < -0.3 is 71.6 Å². The molecule has 4 aromatic heterocycles. The van der Waals surface area contributed by atoms with Crippen molar-refractivity contribution < 1.29 is 67.9 Å². The Morgan fingerprint density at radius 2 is 1.57 bits per heavy atom. The predicted octanol–water partition coefficient (Wildman–Crippen LogP) is 7.21. The number of hydrogen-bond acceptors (Lipinski definition) is 21. The second kappa shape index (κ2) is 31.4. The first-order valence-corrected chi connectivity index (χ1v) is 35.5. The van der Waals surface area contributed by atoms with E-state index in [0.717, 1.165) is 83.3 Å². The predicted molar refractivity (Wildman–Crippen MR) is 378 cm³/mol. The number of carboxylic acid groups (broad SMARTS) is 1. The first kappa shape index (κ1) is 73.7. The summed E-state index contributed by atoms with van der Waals surface area (Å²) in [5.41, 5.74) is 9.97. The number of carboxylic acids is 1. The second-order valence-electron chi connectivity index (χ2n) is 29.0. The molecule has 0 radical (unpaired) electrons. The number of aliphatic hydroxyl groups is 2. The normalized spacial score (nSPS) is 21.0. The van der Waals surface area contributed by atoms with Gasteiger partial charge in [-0.25, -0.2) is 24.4 Å². The molecule has 4 aliphatic carbocycles. The number of fused-ring (bicyclic) bond motifs is 2. The summed E-state index contributed by atoms with van der Waals surface area (Å²) < 4.78 is 21.5. The molecule has 29 nitrogen and oxygen atoms in total. The molecule has 2 aromatic carbocycles. The molecule has 0 spiro atoms. The number of aromatic nitrogens is 6. The minimum atomic E-state index is -1.17. The number of carbonyl (C=O) groups is 8. The Morgan fingerprint density at radius 3 is 2.26 bits per heavy atom. The first-order chi connectivity index (χ1) is 48.8. The fraction of sp³-hybridized carbons (Fsp3) is 0.514. The lowest BCUT2D eigenvalue weighted by molar-refractivity contribution is -0.248. The van der Waals surface area contributed by atoms with Crippen molar-refractivity contribution in [1.82, 2.24) is 55.7 Å². The number of para-hydroxylation sites is 1. The van der Waals surface area contributed by atoms with E-state index >= 15 is 0 Å². The average molecular weight is 1420 g/mol. The third-order valence-corrected chi connectivity index (χ3v) is 21.1. The summed E-state index contributed by atoms with van der Waals surface area (Å²) in [5, 5.41) is 60.2. The number of pyridine rings is 1. The third-order valence-electron chi connectivity index (χ3n) is 20.1. The van der Waals surface area contributed by atoms with Crippen molar-refractivity contribution in [3.8, 4) is 11.1 Å². The Morgan fingerprint density at radius 1 is 0.833 bits per heavy atom. The molecule has 6 heterocycles. The molecule has 544 valence electrons. The number of rotatable bonds is 33. The summed E-state index contributed by atoms with van der Waals surface area (Å²) in [5.74, 6) is -3.14. The van der Waals surface area contributed by atoms with Gasteiger partial charge in [0.2, 0.25) is 17.7 Å². The van der Waals surface area contributed by atoms with Crippen molar-refractivity contribution in [1.29, 1.82) is 0 Å². The number of nitrogens with one attached hydrogen (secondary N) is 5. The van der Waals surface area contributed by atoms with Crippen molar-refractivity contribution in [2.75, 3.05) is 81.3 Å². The van der Waals surface area contributed by atoms with Crippen LogP contribution < -0.4 is 37.2 Å². The number of carbonyl (C=O) groups excluding carboxylic acids is 7. The Hall–Kier alpha value is -9.49. The first-order valence-electron chi connectivity index (χ1n) is 34.7. The number of hydrogen-bond donors (Lipinski definition) is 9. The Balaban J connectivity index is 0.702. The van der Waals surface area contributed by atoms with Gasteiger partial charge in [-0.05, 0) is 142 Å². The molecule has 4 fully saturated rings. The SMILES string of the molecule is Cc1c(Nc2nc3ccccc3s2)nnc2c1CCCN2c1ccc(-c2cnn(CC34CC5(OCCN(CC(CO)CO)C(=O)OCc6ccc(NC(=O)[C@H](CCCNC(N)=O)NC(=O)[C@@H](NC(=O)CCOCCN7C(=O)C=CC7=O)C(C)C)cc6)C[C@](C)(C3)C[C@](C)(C4)C5)c2C)c(C(=O)O)n1. The summed E-state index contributed by atoms with van der Waals surface area (Å²) in [6, 6.07) is 15.2. The van der Waals surface area contributed by atoms with Gasteiger partial charge in [0.25, 0.3) is 11.8 Å². The van der Waals surface area contributed by atoms with Crippen LogP contribution in [0.2, 0.25) is 0 Å². The van der Waals surface area contributed by atoms with Crippen LogP contribution in [0.5, 0.6) is 0 Å². The Kier molecular flexibility index (Phi) is 22.7. The Bertz CT molecular complexity index is 4090. The highest BCUT2D eigenvalue weighted by Crippen LogP contribution is 2.72. The molecule has 2 unspecified atom stereocenters. The lowest BCUT2D eigenvalue weighted by Gasteiger charge is -2.69. The molecule has 6 aliphatic rings. The van der Waals surface area contributed by atoms with Crippen LogP contribution in [0.1, 0.15) is 125 Å². The number of nitrogens with zero attached hydrogens (tertiary/aromatic N) is 9. The summed E-state index contributed by atoms with van der Waals surface area (Å²) >= 11 is 1.54. The molecule has 10 N–H and O–H groups in total. The van der Waals surface area contributed by atoms with Crippen LogP contribution >= 0.6 is 11.3 Å². The van der Waals surface area contributed by atoms with E-state index in [1.165, 1.54) is 28.4 Å². The van der Waals surface area contributed by atoms with Gasteiger partial charge in [0.15, 0.2) is 22.5 Å². The van der Waals surface area contributed by atoms with Gasteiger partial charge in [-0.3, -0.25) is 33.6 Å². The number of primary amides is 1. The number of benzene rings is 2. The van der Waals surface area contributed by atoms with Gasteiger partial charge in [-0.15, -0.1) is 10.2 Å². The molecular weight excluding hydrogens is 1330 g/mol. The van der Waals surface area contributed by atoms with E-state index in [2.05, 4.69) is 50.6 Å². The molecule has 0 saturated heterocycles. The number of thiazole rings is 1. The van der Waals surface area contributed by atoms with Crippen LogP contribution in [-0.2, 0) is 57.8 Å². The number of urea groups is 1. The van der Waals surface area contributed by atoms with E-state index in [4.69, 9.17) is 35.0 Å². The maximum Gasteiger partial charge on any atom is 0.410 e. The monoisotopic (exact) mass is 1420 g/mol. The lowest BCUT2D eigenvalue weighted by Crippen LogP contribution is -2.64. The standard InChI is InChI=1S/C72H91N15O14S/c1-43(2)59(80-56(90)23-28-99-29-27-86-57(91)21-22-58(86)92)64(94)77-53(13-9-24-74-66(73)97)63(93)76-48-17-15-46(16-18-48)35-100-68(98)84(32-47(33-88)34-89)26-30-101-72-39-69(5)36-70(6,40-72)38-71(37-69,41-72)42-87-45(4)51(31-75-87)50-19-20-55(79-60(50)65(95)96)85-25-10-11-49-44(3)61(82-83-62(49)85)81-67-78-52-12-7-8-14-54(52)102-67/h7-8,12,14-22,31,43,47,53,59,88-89H,9-11,13,23-30,32-42H2,1-6H3,(H,76,93)(H,77,94)(H,80,90)(H,95,96)(H3,73,74,97)(H,78,81,82)/t53-,59-,69-,70+,71?,72?/m0/s1. The molecule has 12 rings (SSSR count). The highest BCUT2D eigenvalue weighted by Gasteiger charge is 2.66. The molecule has 2 aliphatic heterocycles. The average Bonchev–Trinajstić information content (AvgIpc) is 0.904. The minimum absolute atomic E-state index is 0.00965. The number of imide groups is 1. The number of amides is 8. The van der Waals surface area contributed by atoms with E-state index in [0.29, 0.717) is 58.1 Å². The topological polar surface area (TPSA) is 390 Å². The maximum absolute atomic E-state index is 14.1. The van der Waals surface area contributed by atoms with Crippen LogP contribution in [0.25, 0.3) is 21.3 Å². The van der Waals surface area contributed by atoms with Gasteiger partial charge in [0, 0.05) is 104 Å². The fourth-order valence-electron chi connectivity index (χ4n) is 16.4. The molecular formula is C72H91N15O14S. The molecule has 6 atom stereocenters. The Labute approximate surface area is 594 Å². The number of anilines is 5. The minimum Gasteiger partial charge on any atom is -0.476 e. The van der Waals surface area contributed by atoms with Crippen LogP contribution in [-0.4, -0.2) is 186 Å². The van der Waals surface area contributed by atoms with Gasteiger partial charge >= 0.3 is 18.1 Å². The van der Waals surface area contributed by atoms with E-state index in [1.54, 1.807) is 44.3 Å². The maximum atomic E-state index is 14.1. The van der Waals surface area contributed by atoms with E-state index in [-0.39, 0.29) is 107 Å². The molecule has 4 bridgehead atoms. The smallest absolute Gasteiger partial charge is 0.410 e. The van der Waals surface area contributed by atoms with Crippen molar-refractivity contribution in [3.05, 3.63) is 107 Å². The van der Waals surface area contributed by atoms with Crippen LogP contribution in [0.3, 0.4) is 0 Å². The largest absolute Gasteiger partial charge is 0.476 e. The van der Waals surface area contributed by atoms with Crippen molar-refractivity contribution in [2.45, 2.75) is 143 Å². The third kappa shape index (κ3) is 17.2. The number of ether oxygens (including phenoxy) is 3. The zero-order valence-electron chi connectivity index (χ0n) is 58.4. The lowest BCUT2D eigenvalue weighted by atomic mass is 9.39. The molecule has 6 aromatic rings. The highest BCUT2D eigenvalue weighted by atomic mass is 32.1. The molecule has 30 heteroatoms. The fourth-order valence-corrected chi connectivity index (χ4v) is 17.3. The van der Waals surface area contributed by atoms with Gasteiger partial charge in [-0.2, -0.15) is 5.10 Å². The number of nitrogens with two attached hydrogens (primary N) is 1. The van der Waals surface area contributed by atoms with Crippen LogP contribution in [0.4, 0.5) is 37.9 Å². The highest BCUT2D eigenvalue weighted by molar-refractivity contribution is 7.22. The van der Waals surface area contributed by atoms with Crippen molar-refractivity contribution in [3.63, 3.8) is 0 Å². The van der Waals surface area contributed by atoms with Crippen molar-refractivity contribution in [2.24, 2.45) is 33.8 Å². The van der Waals surface area contributed by atoms with Gasteiger partial charge in [0.1, 0.15) is 24.5 Å². The molecule has 8 amide bonds. The zero-order chi connectivity index (χ0) is 72.7. The van der Waals surface area contributed by atoms with Crippen molar-refractivity contribution >= 4 is 97.5 Å². The summed E-state index contributed by atoms with van der Waals surface area (Å²) in [7, 11) is 0. The summed E-state index contributed by atoms with van der Waals surface area (Å²) in [6.07, 6.45) is 10.4. The van der Waals surface area contributed by atoms with E-state index in [9.17, 15) is 53.7 Å². The van der Waals surface area contributed by atoms with E-state index < -0.39 is 77.2 Å². The second-order valence-corrected chi connectivity index (χ2v) is 30.0. The number of aromatic carboxylic acids is 1. The van der Waals surface area contributed by atoms with Crippen LogP contribution in [0.15, 0.2) is 79.0 Å². The quantitative estimate of drug-likeness (QED) is 0.0145.